The lowest BCUT2D eigenvalue weighted by atomic mass is 10.2. The van der Waals surface area contributed by atoms with E-state index in [1.807, 2.05) is 13.1 Å². The van der Waals surface area contributed by atoms with Crippen molar-refractivity contribution in [1.29, 1.82) is 0 Å². The van der Waals surface area contributed by atoms with Crippen molar-refractivity contribution in [2.45, 2.75) is 25.8 Å². The lowest BCUT2D eigenvalue weighted by Crippen LogP contribution is -2.51. The Kier molecular flexibility index (Phi) is 6.39. The number of piperazine rings is 1. The third-order valence-electron chi connectivity index (χ3n) is 5.44. The monoisotopic (exact) mass is 394 g/mol. The van der Waals surface area contributed by atoms with Crippen molar-refractivity contribution in [3.05, 3.63) is 29.8 Å². The second-order valence-electron chi connectivity index (χ2n) is 7.42. The van der Waals surface area contributed by atoms with E-state index < -0.39 is 15.8 Å². The minimum Gasteiger partial charge on any atom is -0.369 e. The number of benzene rings is 1. The van der Waals surface area contributed by atoms with E-state index in [4.69, 9.17) is 0 Å². The summed E-state index contributed by atoms with van der Waals surface area (Å²) in [5.74, 6) is -0.689. The minimum atomic E-state index is -3.58. The van der Waals surface area contributed by atoms with Crippen LogP contribution in [0.1, 0.15) is 18.4 Å². The van der Waals surface area contributed by atoms with E-state index in [0.717, 1.165) is 18.5 Å². The second-order valence-corrected chi connectivity index (χ2v) is 9.39. The normalized spacial score (nSPS) is 21.6. The van der Waals surface area contributed by atoms with Crippen molar-refractivity contribution in [2.24, 2.45) is 0 Å². The summed E-state index contributed by atoms with van der Waals surface area (Å²) < 4.78 is 27.0. The number of hydrogen-bond donors (Lipinski definition) is 1. The highest BCUT2D eigenvalue weighted by Gasteiger charge is 2.34. The number of aryl methyl sites for hydroxylation is 1. The van der Waals surface area contributed by atoms with Crippen molar-refractivity contribution in [2.75, 3.05) is 57.0 Å². The number of likely N-dealkylation sites (N-methyl/N-ethyl adjacent to an activating group) is 1. The molecule has 2 heterocycles. The Balaban J connectivity index is 1.57. The summed E-state index contributed by atoms with van der Waals surface area (Å²) in [5.41, 5.74) is 2.31. The molecule has 1 aromatic rings. The molecule has 27 heavy (non-hydrogen) atoms. The number of carbonyl (C=O) groups is 1. The number of sulfonamides is 1. The number of amides is 1. The van der Waals surface area contributed by atoms with Gasteiger partial charge in [-0.2, -0.15) is 4.31 Å². The molecule has 7 nitrogen and oxygen atoms in total. The van der Waals surface area contributed by atoms with Gasteiger partial charge >= 0.3 is 0 Å². The van der Waals surface area contributed by atoms with Gasteiger partial charge in [0.2, 0.25) is 15.9 Å². The number of carbonyl (C=O) groups excluding carboxylic acids is 1. The number of hydrogen-bond acceptors (Lipinski definition) is 5. The SMILES string of the molecule is CNCC1CCCN1C(=O)CS(=O)(=O)N1CCN(c2cccc(C)c2)CC1. The Morgan fingerprint density at radius 2 is 1.93 bits per heavy atom. The van der Waals surface area contributed by atoms with Crippen LogP contribution in [0.4, 0.5) is 5.69 Å². The van der Waals surface area contributed by atoms with Gasteiger partial charge in [-0.1, -0.05) is 12.1 Å². The molecule has 150 valence electrons. The van der Waals surface area contributed by atoms with Crippen molar-refractivity contribution in [3.8, 4) is 0 Å². The van der Waals surface area contributed by atoms with Gasteiger partial charge in [0.1, 0.15) is 5.75 Å². The first-order valence-corrected chi connectivity index (χ1v) is 11.2. The van der Waals surface area contributed by atoms with E-state index in [1.165, 1.54) is 9.87 Å². The maximum atomic E-state index is 12.8. The molecule has 0 radical (unpaired) electrons. The Hall–Kier alpha value is -1.64. The van der Waals surface area contributed by atoms with Crippen molar-refractivity contribution in [3.63, 3.8) is 0 Å². The second kappa shape index (κ2) is 8.58. The third-order valence-corrected chi connectivity index (χ3v) is 7.21. The molecule has 2 aliphatic heterocycles. The van der Waals surface area contributed by atoms with Gasteiger partial charge in [-0.25, -0.2) is 8.42 Å². The van der Waals surface area contributed by atoms with Crippen LogP contribution in [-0.4, -0.2) is 81.6 Å². The molecule has 1 aromatic carbocycles. The number of likely N-dealkylation sites (tertiary alicyclic amines) is 1. The van der Waals surface area contributed by atoms with Crippen LogP contribution < -0.4 is 10.2 Å². The van der Waals surface area contributed by atoms with Crippen LogP contribution in [0.25, 0.3) is 0 Å². The fraction of sp³-hybridized carbons (Fsp3) is 0.632. The van der Waals surface area contributed by atoms with Crippen LogP contribution in [0, 0.1) is 6.92 Å². The summed E-state index contributed by atoms with van der Waals surface area (Å²) in [7, 11) is -1.72. The molecule has 8 heteroatoms. The van der Waals surface area contributed by atoms with Crippen LogP contribution in [0.2, 0.25) is 0 Å². The van der Waals surface area contributed by atoms with Gasteiger partial charge in [-0.05, 0) is 44.5 Å². The predicted molar refractivity (Wildman–Crippen MR) is 107 cm³/mol. The highest BCUT2D eigenvalue weighted by atomic mass is 32.2. The highest BCUT2D eigenvalue weighted by Crippen LogP contribution is 2.20. The smallest absolute Gasteiger partial charge is 0.239 e. The highest BCUT2D eigenvalue weighted by molar-refractivity contribution is 7.89. The number of anilines is 1. The zero-order chi connectivity index (χ0) is 19.4. The van der Waals surface area contributed by atoms with E-state index in [0.29, 0.717) is 39.3 Å². The van der Waals surface area contributed by atoms with Gasteiger partial charge in [0, 0.05) is 51.0 Å². The Morgan fingerprint density at radius 1 is 1.19 bits per heavy atom. The molecule has 1 unspecified atom stereocenters. The molecule has 0 bridgehead atoms. The van der Waals surface area contributed by atoms with Crippen molar-refractivity contribution >= 4 is 21.6 Å². The molecule has 3 rings (SSSR count). The fourth-order valence-corrected chi connectivity index (χ4v) is 5.37. The van der Waals surface area contributed by atoms with Gasteiger partial charge in [0.05, 0.1) is 0 Å². The third kappa shape index (κ3) is 4.80. The van der Waals surface area contributed by atoms with Gasteiger partial charge in [0.15, 0.2) is 0 Å². The number of rotatable bonds is 6. The van der Waals surface area contributed by atoms with Crippen LogP contribution in [0.15, 0.2) is 24.3 Å². The number of nitrogens with zero attached hydrogens (tertiary/aromatic N) is 3. The van der Waals surface area contributed by atoms with E-state index in [9.17, 15) is 13.2 Å². The van der Waals surface area contributed by atoms with Crippen molar-refractivity contribution in [1.82, 2.24) is 14.5 Å². The molecule has 1 N–H and O–H groups in total. The molecule has 0 spiro atoms. The summed E-state index contributed by atoms with van der Waals surface area (Å²) in [6, 6.07) is 8.34. The molecule has 0 aliphatic carbocycles. The predicted octanol–water partition coefficient (Wildman–Crippen LogP) is 0.657. The summed E-state index contributed by atoms with van der Waals surface area (Å²) in [6.07, 6.45) is 1.87. The first-order valence-electron chi connectivity index (χ1n) is 9.64. The van der Waals surface area contributed by atoms with E-state index >= 15 is 0 Å². The Labute approximate surface area is 162 Å². The lowest BCUT2D eigenvalue weighted by molar-refractivity contribution is -0.129. The topological polar surface area (TPSA) is 73.0 Å². The molecule has 0 saturated carbocycles. The fourth-order valence-electron chi connectivity index (χ4n) is 3.99. The Morgan fingerprint density at radius 3 is 2.59 bits per heavy atom. The average Bonchev–Trinajstić information content (AvgIpc) is 3.10. The molecular formula is C19H30N4O3S. The molecule has 0 aromatic heterocycles. The quantitative estimate of drug-likeness (QED) is 0.767. The standard InChI is InChI=1S/C19H30N4O3S/c1-16-5-3-6-17(13-16)21-9-11-22(12-10-21)27(25,26)15-19(24)23-8-4-7-18(23)14-20-2/h3,5-6,13,18,20H,4,7-12,14-15H2,1-2H3. The first-order chi connectivity index (χ1) is 12.9. The zero-order valence-electron chi connectivity index (χ0n) is 16.2. The first kappa shape index (κ1) is 20.1. The Bertz CT molecular complexity index is 760. The maximum Gasteiger partial charge on any atom is 0.239 e. The molecule has 1 atom stereocenters. The number of nitrogens with one attached hydrogen (secondary N) is 1. The van der Waals surface area contributed by atoms with E-state index in [-0.39, 0.29) is 11.9 Å². The van der Waals surface area contributed by atoms with Crippen LogP contribution in [0.5, 0.6) is 0 Å². The van der Waals surface area contributed by atoms with Crippen LogP contribution in [0.3, 0.4) is 0 Å². The molecule has 1 amide bonds. The maximum absolute atomic E-state index is 12.8. The largest absolute Gasteiger partial charge is 0.369 e. The van der Waals surface area contributed by atoms with Crippen molar-refractivity contribution < 1.29 is 13.2 Å². The zero-order valence-corrected chi connectivity index (χ0v) is 17.0. The van der Waals surface area contributed by atoms with E-state index in [1.54, 1.807) is 4.90 Å². The average molecular weight is 395 g/mol. The van der Waals surface area contributed by atoms with Crippen LogP contribution >= 0.6 is 0 Å². The van der Waals surface area contributed by atoms with Gasteiger partial charge in [-0.3, -0.25) is 4.79 Å². The van der Waals surface area contributed by atoms with Crippen LogP contribution in [-0.2, 0) is 14.8 Å². The van der Waals surface area contributed by atoms with Gasteiger partial charge in [0.25, 0.3) is 0 Å². The van der Waals surface area contributed by atoms with Gasteiger partial charge in [-0.15, -0.1) is 0 Å². The van der Waals surface area contributed by atoms with Gasteiger partial charge < -0.3 is 15.1 Å². The molecule has 2 saturated heterocycles. The molecule has 2 fully saturated rings. The molecule has 2 aliphatic rings. The van der Waals surface area contributed by atoms with E-state index in [2.05, 4.69) is 35.3 Å². The summed E-state index contributed by atoms with van der Waals surface area (Å²) in [5, 5.41) is 3.09. The summed E-state index contributed by atoms with van der Waals surface area (Å²) in [4.78, 5) is 16.5. The lowest BCUT2D eigenvalue weighted by Gasteiger charge is -2.35. The summed E-state index contributed by atoms with van der Waals surface area (Å²) in [6.45, 7) is 5.54. The summed E-state index contributed by atoms with van der Waals surface area (Å²) >= 11 is 0. The minimum absolute atomic E-state index is 0.107. The molecular weight excluding hydrogens is 364 g/mol.